The van der Waals surface area contributed by atoms with Crippen molar-refractivity contribution in [1.82, 2.24) is 16.0 Å². The lowest BCUT2D eigenvalue weighted by Crippen LogP contribution is -2.51. The smallest absolute Gasteiger partial charge is 0.242 e. The normalized spacial score (nSPS) is 31.6. The second-order valence-electron chi connectivity index (χ2n) is 5.16. The first-order valence-corrected chi connectivity index (χ1v) is 7.11. The second kappa shape index (κ2) is 6.86. The number of hydrogen-bond acceptors (Lipinski definition) is 4. The highest BCUT2D eigenvalue weighted by atomic mass is 16.5. The summed E-state index contributed by atoms with van der Waals surface area (Å²) in [5.41, 5.74) is 0. The molecule has 2 aliphatic rings. The zero-order chi connectivity index (χ0) is 13.7. The summed E-state index contributed by atoms with van der Waals surface area (Å²) in [5, 5.41) is 8.94. The molecule has 0 aromatic carbocycles. The van der Waals surface area contributed by atoms with Gasteiger partial charge in [0.2, 0.25) is 11.8 Å². The molecule has 6 nitrogen and oxygen atoms in total. The molecule has 3 atom stereocenters. The molecule has 0 radical (unpaired) electrons. The summed E-state index contributed by atoms with van der Waals surface area (Å²) in [6, 6.07) is -0.336. The van der Waals surface area contributed by atoms with E-state index < -0.39 is 6.04 Å². The van der Waals surface area contributed by atoms with Crippen molar-refractivity contribution < 1.29 is 14.3 Å². The van der Waals surface area contributed by atoms with Gasteiger partial charge in [-0.05, 0) is 25.8 Å². The maximum atomic E-state index is 12.2. The van der Waals surface area contributed by atoms with Gasteiger partial charge in [0.1, 0.15) is 6.04 Å². The number of carbonyl (C=O) groups is 2. The minimum atomic E-state index is -0.391. The molecule has 0 spiro atoms. The van der Waals surface area contributed by atoms with Crippen LogP contribution in [0.3, 0.4) is 0 Å². The van der Waals surface area contributed by atoms with Gasteiger partial charge >= 0.3 is 0 Å². The number of amides is 2. The Morgan fingerprint density at radius 3 is 3.05 bits per heavy atom. The summed E-state index contributed by atoms with van der Waals surface area (Å²) in [6.45, 7) is 4.51. The summed E-state index contributed by atoms with van der Waals surface area (Å²) in [4.78, 5) is 24.0. The predicted octanol–water partition coefficient (Wildman–Crippen LogP) is -0.604. The van der Waals surface area contributed by atoms with Crippen molar-refractivity contribution in [1.29, 1.82) is 0 Å². The van der Waals surface area contributed by atoms with Crippen LogP contribution in [0, 0.1) is 5.92 Å². The molecule has 0 bridgehead atoms. The number of hydrogen-bond donors (Lipinski definition) is 3. The zero-order valence-electron chi connectivity index (χ0n) is 11.4. The largest absolute Gasteiger partial charge is 0.379 e. The number of carbonyl (C=O) groups excluding carboxylic acids is 2. The van der Waals surface area contributed by atoms with E-state index in [0.29, 0.717) is 19.8 Å². The van der Waals surface area contributed by atoms with Crippen molar-refractivity contribution in [3.8, 4) is 0 Å². The van der Waals surface area contributed by atoms with Gasteiger partial charge in [-0.3, -0.25) is 9.59 Å². The molecule has 0 saturated carbocycles. The molecule has 6 heteroatoms. The van der Waals surface area contributed by atoms with Crippen LogP contribution < -0.4 is 16.0 Å². The van der Waals surface area contributed by atoms with Gasteiger partial charge in [0.15, 0.2) is 0 Å². The molecule has 2 amide bonds. The van der Waals surface area contributed by atoms with Gasteiger partial charge in [0, 0.05) is 12.6 Å². The van der Waals surface area contributed by atoms with Gasteiger partial charge in [-0.1, -0.05) is 6.92 Å². The lowest BCUT2D eigenvalue weighted by molar-refractivity contribution is -0.131. The SMILES string of the molecule is CCNC1COCC1C(=O)NC1CCCCNC1=O. The third-order valence-electron chi connectivity index (χ3n) is 3.74. The van der Waals surface area contributed by atoms with Crippen LogP contribution in [0.25, 0.3) is 0 Å². The molecule has 2 fully saturated rings. The van der Waals surface area contributed by atoms with E-state index in [1.807, 2.05) is 6.92 Å². The Morgan fingerprint density at radius 2 is 2.26 bits per heavy atom. The van der Waals surface area contributed by atoms with Gasteiger partial charge in [-0.25, -0.2) is 0 Å². The lowest BCUT2D eigenvalue weighted by atomic mass is 10.0. The van der Waals surface area contributed by atoms with Gasteiger partial charge in [-0.15, -0.1) is 0 Å². The highest BCUT2D eigenvalue weighted by molar-refractivity contribution is 5.89. The Morgan fingerprint density at radius 1 is 1.42 bits per heavy atom. The summed E-state index contributed by atoms with van der Waals surface area (Å²) in [7, 11) is 0. The van der Waals surface area contributed by atoms with Gasteiger partial charge in [0.05, 0.1) is 19.1 Å². The van der Waals surface area contributed by atoms with E-state index in [4.69, 9.17) is 4.74 Å². The van der Waals surface area contributed by atoms with E-state index in [2.05, 4.69) is 16.0 Å². The molecule has 3 N–H and O–H groups in total. The van der Waals surface area contributed by atoms with Crippen molar-refractivity contribution in [3.05, 3.63) is 0 Å². The van der Waals surface area contributed by atoms with Crippen molar-refractivity contribution in [2.75, 3.05) is 26.3 Å². The minimum absolute atomic E-state index is 0.0545. The van der Waals surface area contributed by atoms with Gasteiger partial charge < -0.3 is 20.7 Å². The first kappa shape index (κ1) is 14.3. The molecule has 19 heavy (non-hydrogen) atoms. The van der Waals surface area contributed by atoms with Gasteiger partial charge in [-0.2, -0.15) is 0 Å². The van der Waals surface area contributed by atoms with Crippen LogP contribution >= 0.6 is 0 Å². The first-order chi connectivity index (χ1) is 9.22. The van der Waals surface area contributed by atoms with Crippen molar-refractivity contribution >= 4 is 11.8 Å². The van der Waals surface area contributed by atoms with Crippen molar-refractivity contribution in [3.63, 3.8) is 0 Å². The van der Waals surface area contributed by atoms with Crippen molar-refractivity contribution in [2.24, 2.45) is 5.92 Å². The Bertz CT molecular complexity index is 335. The molecule has 0 aromatic heterocycles. The van der Waals surface area contributed by atoms with Gasteiger partial charge in [0.25, 0.3) is 0 Å². The molecule has 2 rings (SSSR count). The number of ether oxygens (including phenoxy) is 1. The van der Waals surface area contributed by atoms with Crippen molar-refractivity contribution in [2.45, 2.75) is 38.3 Å². The molecule has 108 valence electrons. The second-order valence-corrected chi connectivity index (χ2v) is 5.16. The predicted molar refractivity (Wildman–Crippen MR) is 70.6 cm³/mol. The number of likely N-dealkylation sites (N-methyl/N-ethyl adjacent to an activating group) is 1. The summed E-state index contributed by atoms with van der Waals surface area (Å²) in [6.07, 6.45) is 2.66. The lowest BCUT2D eigenvalue weighted by Gasteiger charge is -2.21. The van der Waals surface area contributed by atoms with Crippen LogP contribution in [0.1, 0.15) is 26.2 Å². The van der Waals surface area contributed by atoms with E-state index in [-0.39, 0.29) is 23.8 Å². The van der Waals surface area contributed by atoms with Crippen LogP contribution in [0.15, 0.2) is 0 Å². The summed E-state index contributed by atoms with van der Waals surface area (Å²) < 4.78 is 5.36. The highest BCUT2D eigenvalue weighted by Gasteiger charge is 2.35. The maximum absolute atomic E-state index is 12.2. The first-order valence-electron chi connectivity index (χ1n) is 7.11. The average molecular weight is 269 g/mol. The number of nitrogens with one attached hydrogen (secondary N) is 3. The highest BCUT2D eigenvalue weighted by Crippen LogP contribution is 2.15. The van der Waals surface area contributed by atoms with Crippen LogP contribution in [0.2, 0.25) is 0 Å². The van der Waals surface area contributed by atoms with E-state index in [1.54, 1.807) is 0 Å². The van der Waals surface area contributed by atoms with E-state index in [9.17, 15) is 9.59 Å². The fourth-order valence-electron chi connectivity index (χ4n) is 2.63. The van der Waals surface area contributed by atoms with E-state index in [0.717, 1.165) is 25.8 Å². The van der Waals surface area contributed by atoms with Crippen LogP contribution in [-0.2, 0) is 14.3 Å². The Labute approximate surface area is 113 Å². The topological polar surface area (TPSA) is 79.5 Å². The molecule has 0 aromatic rings. The molecular weight excluding hydrogens is 246 g/mol. The minimum Gasteiger partial charge on any atom is -0.379 e. The molecular formula is C13H23N3O3. The third kappa shape index (κ3) is 3.67. The molecule has 2 saturated heterocycles. The molecule has 2 heterocycles. The quantitative estimate of drug-likeness (QED) is 0.636. The third-order valence-corrected chi connectivity index (χ3v) is 3.74. The fourth-order valence-corrected chi connectivity index (χ4v) is 2.63. The molecule has 3 unspecified atom stereocenters. The van der Waals surface area contributed by atoms with Crippen LogP contribution in [0.4, 0.5) is 0 Å². The molecule has 0 aliphatic carbocycles. The summed E-state index contributed by atoms with van der Waals surface area (Å²) in [5.74, 6) is -0.341. The molecule has 2 aliphatic heterocycles. The Kier molecular flexibility index (Phi) is 5.15. The standard InChI is InChI=1S/C13H23N3O3/c1-2-14-11-8-19-7-9(11)12(17)16-10-5-3-4-6-15-13(10)18/h9-11,14H,2-8H2,1H3,(H,15,18)(H,16,17). The Hall–Kier alpha value is -1.14. The average Bonchev–Trinajstić information content (AvgIpc) is 2.76. The van der Waals surface area contributed by atoms with E-state index in [1.165, 1.54) is 0 Å². The fraction of sp³-hybridized carbons (Fsp3) is 0.846. The maximum Gasteiger partial charge on any atom is 0.242 e. The summed E-state index contributed by atoms with van der Waals surface area (Å²) >= 11 is 0. The zero-order valence-corrected chi connectivity index (χ0v) is 11.4. The van der Waals surface area contributed by atoms with E-state index >= 15 is 0 Å². The number of rotatable bonds is 4. The Balaban J connectivity index is 1.90. The monoisotopic (exact) mass is 269 g/mol. The van der Waals surface area contributed by atoms with Crippen LogP contribution in [0.5, 0.6) is 0 Å². The van der Waals surface area contributed by atoms with Crippen LogP contribution in [-0.4, -0.2) is 50.2 Å².